The van der Waals surface area contributed by atoms with Gasteiger partial charge in [0.1, 0.15) is 11.5 Å². The number of benzene rings is 1. The predicted molar refractivity (Wildman–Crippen MR) is 105 cm³/mol. The molecule has 0 spiro atoms. The highest BCUT2D eigenvalue weighted by atomic mass is 35.5. The lowest BCUT2D eigenvalue weighted by Gasteiger charge is -2.27. The van der Waals surface area contributed by atoms with Crippen LogP contribution >= 0.6 is 11.6 Å². The van der Waals surface area contributed by atoms with Gasteiger partial charge >= 0.3 is 6.03 Å². The molecule has 0 saturated heterocycles. The predicted octanol–water partition coefficient (Wildman–Crippen LogP) is 2.37. The molecule has 29 heavy (non-hydrogen) atoms. The van der Waals surface area contributed by atoms with E-state index in [1.54, 1.807) is 28.6 Å². The fourth-order valence-electron chi connectivity index (χ4n) is 3.72. The summed E-state index contributed by atoms with van der Waals surface area (Å²) in [5, 5.41) is 7.27. The van der Waals surface area contributed by atoms with Crippen molar-refractivity contribution in [3.63, 3.8) is 0 Å². The van der Waals surface area contributed by atoms with Crippen LogP contribution in [0.15, 0.2) is 18.2 Å². The maximum absolute atomic E-state index is 13.3. The number of aromatic nitrogens is 2. The van der Waals surface area contributed by atoms with Crippen LogP contribution in [-0.2, 0) is 24.2 Å². The first-order chi connectivity index (χ1) is 13.9. The third-order valence-electron chi connectivity index (χ3n) is 5.30. The number of hydrogen-bond acceptors (Lipinski definition) is 4. The molecule has 0 fully saturated rings. The number of carbonyl (C=O) groups excluding carboxylic acids is 2. The number of carbonyl (C=O) groups is 2. The van der Waals surface area contributed by atoms with Crippen LogP contribution in [0.3, 0.4) is 0 Å². The van der Waals surface area contributed by atoms with Gasteiger partial charge in [0, 0.05) is 44.9 Å². The number of amides is 3. The Morgan fingerprint density at radius 2 is 2.17 bits per heavy atom. The molecule has 2 aromatic rings. The number of rotatable bonds is 2. The van der Waals surface area contributed by atoms with Gasteiger partial charge in [-0.15, -0.1) is 0 Å². The molecule has 2 aliphatic rings. The molecule has 0 radical (unpaired) electrons. The third kappa shape index (κ3) is 3.67. The summed E-state index contributed by atoms with van der Waals surface area (Å²) < 4.78 is 20.5. The lowest BCUT2D eigenvalue weighted by atomic mass is 10.0. The molecule has 1 aromatic heterocycles. The Balaban J connectivity index is 1.57. The van der Waals surface area contributed by atoms with Crippen LogP contribution in [0.4, 0.5) is 14.9 Å². The summed E-state index contributed by atoms with van der Waals surface area (Å²) in [5.74, 6) is -0.683. The van der Waals surface area contributed by atoms with Crippen LogP contribution in [0.5, 0.6) is 0 Å². The van der Waals surface area contributed by atoms with Crippen LogP contribution in [0.1, 0.15) is 21.7 Å². The number of methoxy groups -OCH3 is 1. The fourth-order valence-corrected chi connectivity index (χ4v) is 3.90. The van der Waals surface area contributed by atoms with E-state index in [9.17, 15) is 14.0 Å². The van der Waals surface area contributed by atoms with Crippen LogP contribution < -0.4 is 5.32 Å². The third-order valence-corrected chi connectivity index (χ3v) is 5.59. The van der Waals surface area contributed by atoms with E-state index < -0.39 is 5.82 Å². The smallest absolute Gasteiger partial charge is 0.322 e. The summed E-state index contributed by atoms with van der Waals surface area (Å²) in [6.07, 6.45) is 0.399. The Labute approximate surface area is 172 Å². The summed E-state index contributed by atoms with van der Waals surface area (Å²) in [6, 6.07) is 3.66. The number of ether oxygens (including phenoxy) is 1. The van der Waals surface area contributed by atoms with Crippen molar-refractivity contribution in [2.75, 3.05) is 32.6 Å². The fraction of sp³-hybridized carbons (Fsp3) is 0.421. The Kier molecular flexibility index (Phi) is 5.18. The van der Waals surface area contributed by atoms with E-state index in [4.69, 9.17) is 16.3 Å². The van der Waals surface area contributed by atoms with Gasteiger partial charge in [-0.2, -0.15) is 5.10 Å². The lowest BCUT2D eigenvalue weighted by molar-refractivity contribution is 0.0538. The second-order valence-electron chi connectivity index (χ2n) is 7.23. The molecule has 2 aliphatic heterocycles. The number of likely N-dealkylation sites (N-methyl/N-ethyl adjacent to an activating group) is 1. The van der Waals surface area contributed by atoms with Gasteiger partial charge < -0.3 is 19.9 Å². The minimum atomic E-state index is -0.549. The highest BCUT2D eigenvalue weighted by molar-refractivity contribution is 6.31. The number of hydrogen-bond donors (Lipinski definition) is 1. The van der Waals surface area contributed by atoms with Crippen LogP contribution in [0.2, 0.25) is 5.02 Å². The van der Waals surface area contributed by atoms with Gasteiger partial charge in [-0.05, 0) is 18.2 Å². The molecule has 10 heteroatoms. The molecule has 0 unspecified atom stereocenters. The molecule has 8 nitrogen and oxygen atoms in total. The number of nitrogens with one attached hydrogen (secondary N) is 1. The number of nitrogens with zero attached hydrogens (tertiary/aromatic N) is 4. The van der Waals surface area contributed by atoms with Crippen molar-refractivity contribution in [1.29, 1.82) is 0 Å². The standard InChI is InChI=1S/C19H21ClFN5O3/c1-24-8-12(29-2)9-26-17(18(24)27)13-10-25(6-5-16(13)23-26)19(28)22-11-3-4-15(21)14(20)7-11/h3-4,7,12H,5-6,8-10H2,1-2H3,(H,22,28)/t12-/m0/s1. The van der Waals surface area contributed by atoms with Crippen molar-refractivity contribution in [2.45, 2.75) is 25.6 Å². The zero-order valence-corrected chi connectivity index (χ0v) is 16.9. The van der Waals surface area contributed by atoms with Crippen molar-refractivity contribution in [2.24, 2.45) is 0 Å². The topological polar surface area (TPSA) is 79.7 Å². The monoisotopic (exact) mass is 421 g/mol. The van der Waals surface area contributed by atoms with Crippen molar-refractivity contribution >= 4 is 29.2 Å². The molecule has 1 N–H and O–H groups in total. The van der Waals surface area contributed by atoms with Gasteiger partial charge in [-0.3, -0.25) is 9.48 Å². The van der Waals surface area contributed by atoms with Crippen molar-refractivity contribution in [1.82, 2.24) is 19.6 Å². The molecule has 154 valence electrons. The van der Waals surface area contributed by atoms with E-state index in [0.29, 0.717) is 37.4 Å². The second-order valence-corrected chi connectivity index (χ2v) is 7.64. The summed E-state index contributed by atoms with van der Waals surface area (Å²) in [5.41, 5.74) is 2.49. The van der Waals surface area contributed by atoms with Crippen molar-refractivity contribution < 1.29 is 18.7 Å². The normalized spacial score (nSPS) is 18.9. The lowest BCUT2D eigenvalue weighted by Crippen LogP contribution is -2.40. The molecular formula is C19H21ClFN5O3. The Bertz CT molecular complexity index is 979. The van der Waals surface area contributed by atoms with E-state index in [1.165, 1.54) is 18.2 Å². The van der Waals surface area contributed by atoms with E-state index in [2.05, 4.69) is 10.4 Å². The minimum absolute atomic E-state index is 0.0629. The molecule has 1 aromatic carbocycles. The Morgan fingerprint density at radius 1 is 1.38 bits per heavy atom. The molecule has 0 bridgehead atoms. The van der Waals surface area contributed by atoms with E-state index >= 15 is 0 Å². The van der Waals surface area contributed by atoms with Crippen LogP contribution in [-0.4, -0.2) is 64.9 Å². The molecule has 0 saturated carbocycles. The Morgan fingerprint density at radius 3 is 2.90 bits per heavy atom. The first kappa shape index (κ1) is 19.7. The van der Waals surface area contributed by atoms with Gasteiger partial charge in [0.2, 0.25) is 0 Å². The van der Waals surface area contributed by atoms with Crippen LogP contribution in [0.25, 0.3) is 0 Å². The molecule has 0 aliphatic carbocycles. The van der Waals surface area contributed by atoms with E-state index in [0.717, 1.165) is 11.3 Å². The minimum Gasteiger partial charge on any atom is -0.378 e. The number of urea groups is 1. The highest BCUT2D eigenvalue weighted by Gasteiger charge is 2.34. The largest absolute Gasteiger partial charge is 0.378 e. The quantitative estimate of drug-likeness (QED) is 0.807. The molecule has 3 amide bonds. The van der Waals surface area contributed by atoms with E-state index in [-0.39, 0.29) is 29.6 Å². The molecule has 1 atom stereocenters. The summed E-state index contributed by atoms with van der Waals surface area (Å²) in [6.45, 7) is 1.68. The van der Waals surface area contributed by atoms with Gasteiger partial charge in [0.25, 0.3) is 5.91 Å². The maximum atomic E-state index is 13.3. The summed E-state index contributed by atoms with van der Waals surface area (Å²) in [4.78, 5) is 28.8. The first-order valence-electron chi connectivity index (χ1n) is 9.25. The SMILES string of the molecule is CO[C@H]1CN(C)C(=O)c2c3c(nn2C1)CCN(C(=O)Nc1ccc(F)c(Cl)c1)C3. The first-order valence-corrected chi connectivity index (χ1v) is 9.63. The second kappa shape index (κ2) is 7.64. The van der Waals surface area contributed by atoms with Gasteiger partial charge in [0.15, 0.2) is 0 Å². The van der Waals surface area contributed by atoms with Gasteiger partial charge in [0.05, 0.1) is 29.9 Å². The maximum Gasteiger partial charge on any atom is 0.322 e. The number of fused-ring (bicyclic) bond motifs is 3. The molecule has 4 rings (SSSR count). The highest BCUT2D eigenvalue weighted by Crippen LogP contribution is 2.27. The zero-order valence-electron chi connectivity index (χ0n) is 16.1. The molecular weight excluding hydrogens is 401 g/mol. The van der Waals surface area contributed by atoms with Gasteiger partial charge in [-0.1, -0.05) is 11.6 Å². The van der Waals surface area contributed by atoms with E-state index in [1.807, 2.05) is 0 Å². The van der Waals surface area contributed by atoms with Crippen LogP contribution in [0, 0.1) is 5.82 Å². The average Bonchev–Trinajstić information content (AvgIpc) is 3.00. The van der Waals surface area contributed by atoms with Crippen molar-refractivity contribution in [3.05, 3.63) is 46.0 Å². The van der Waals surface area contributed by atoms with Crippen molar-refractivity contribution in [3.8, 4) is 0 Å². The summed E-state index contributed by atoms with van der Waals surface area (Å²) >= 11 is 5.78. The molecule has 3 heterocycles. The number of anilines is 1. The number of halogens is 2. The zero-order chi connectivity index (χ0) is 20.7. The average molecular weight is 422 g/mol. The summed E-state index contributed by atoms with van der Waals surface area (Å²) in [7, 11) is 3.35. The Hall–Kier alpha value is -2.65. The van der Waals surface area contributed by atoms with Gasteiger partial charge in [-0.25, -0.2) is 9.18 Å².